The molecule has 1 aliphatic rings. The third-order valence-corrected chi connectivity index (χ3v) is 4.76. The Morgan fingerprint density at radius 1 is 1.22 bits per heavy atom. The second-order valence-corrected chi connectivity index (χ2v) is 6.81. The SMILES string of the molecule is C[CH-]CCC/C=C\C[C@@H]1[C@@H](/C=C/[C@@H](C)CCC)[C@H](O)C[C@@H]1O.[Y]. The molecule has 1 fully saturated rings. The van der Waals surface area contributed by atoms with E-state index in [0.717, 1.165) is 19.3 Å². The normalized spacial score (nSPS) is 29.3. The van der Waals surface area contributed by atoms with Crippen LogP contribution in [0.3, 0.4) is 0 Å². The molecule has 0 heterocycles. The summed E-state index contributed by atoms with van der Waals surface area (Å²) in [6, 6.07) is 0. The van der Waals surface area contributed by atoms with Gasteiger partial charge in [0.25, 0.3) is 0 Å². The maximum Gasteiger partial charge on any atom is 0.0631 e. The standard InChI is InChI=1S/C20H35O2.Y/c1-4-6-7-8-9-10-12-17-18(20(22)15-19(17)21)14-13-16(3)11-5-2;/h4,9-10,13-14,16-22H,5-8,11-12,15H2,1-3H3;/q-1;/b10-9-,14-13+;/t16-,17+,18+,19-,20+;/m0./s1. The first-order chi connectivity index (χ1) is 10.6. The molecule has 0 aliphatic heterocycles. The first kappa shape index (κ1) is 23.5. The van der Waals surface area contributed by atoms with E-state index >= 15 is 0 Å². The summed E-state index contributed by atoms with van der Waals surface area (Å²) < 4.78 is 0. The van der Waals surface area contributed by atoms with E-state index in [1.807, 2.05) is 0 Å². The van der Waals surface area contributed by atoms with Gasteiger partial charge in [-0.05, 0) is 31.1 Å². The Labute approximate surface area is 168 Å². The molecule has 0 aromatic carbocycles. The summed E-state index contributed by atoms with van der Waals surface area (Å²) in [5, 5.41) is 20.4. The fraction of sp³-hybridized carbons (Fsp3) is 0.750. The minimum Gasteiger partial charge on any atom is -0.393 e. The maximum absolute atomic E-state index is 10.2. The van der Waals surface area contributed by atoms with E-state index in [1.165, 1.54) is 19.3 Å². The largest absolute Gasteiger partial charge is 0.393 e. The van der Waals surface area contributed by atoms with E-state index in [1.54, 1.807) is 0 Å². The molecule has 0 amide bonds. The molecule has 5 atom stereocenters. The van der Waals surface area contributed by atoms with Gasteiger partial charge in [-0.3, -0.25) is 0 Å². The second kappa shape index (κ2) is 13.8. The Morgan fingerprint density at radius 3 is 2.61 bits per heavy atom. The molecule has 1 radical (unpaired) electrons. The Balaban J connectivity index is 0.00000484. The molecule has 0 bridgehead atoms. The third kappa shape index (κ3) is 8.95. The van der Waals surface area contributed by atoms with Crippen molar-refractivity contribution in [2.24, 2.45) is 17.8 Å². The molecule has 0 unspecified atom stereocenters. The minimum absolute atomic E-state index is 0. The van der Waals surface area contributed by atoms with Gasteiger partial charge >= 0.3 is 0 Å². The van der Waals surface area contributed by atoms with E-state index in [9.17, 15) is 10.2 Å². The number of rotatable bonds is 10. The summed E-state index contributed by atoms with van der Waals surface area (Å²) in [7, 11) is 0. The summed E-state index contributed by atoms with van der Waals surface area (Å²) in [4.78, 5) is 0. The number of allylic oxidation sites excluding steroid dienone is 3. The van der Waals surface area contributed by atoms with Gasteiger partial charge in [-0.15, -0.1) is 0 Å². The molecule has 0 spiro atoms. The van der Waals surface area contributed by atoms with Crippen molar-refractivity contribution in [1.29, 1.82) is 0 Å². The summed E-state index contributed by atoms with van der Waals surface area (Å²) >= 11 is 0. The van der Waals surface area contributed by atoms with Crippen molar-refractivity contribution in [1.82, 2.24) is 0 Å². The van der Waals surface area contributed by atoms with Gasteiger partial charge in [-0.25, -0.2) is 0 Å². The molecule has 131 valence electrons. The Morgan fingerprint density at radius 2 is 1.96 bits per heavy atom. The number of unbranched alkanes of at least 4 members (excludes halogenated alkanes) is 3. The van der Waals surface area contributed by atoms with E-state index in [0.29, 0.717) is 12.3 Å². The van der Waals surface area contributed by atoms with Crippen molar-refractivity contribution >= 4 is 0 Å². The van der Waals surface area contributed by atoms with Gasteiger partial charge in [-0.2, -0.15) is 13.3 Å². The predicted molar refractivity (Wildman–Crippen MR) is 94.4 cm³/mol. The zero-order valence-electron chi connectivity index (χ0n) is 15.2. The first-order valence-electron chi connectivity index (χ1n) is 9.07. The van der Waals surface area contributed by atoms with Crippen LogP contribution in [0.1, 0.15) is 65.7 Å². The smallest absolute Gasteiger partial charge is 0.0631 e. The fourth-order valence-corrected chi connectivity index (χ4v) is 3.39. The van der Waals surface area contributed by atoms with E-state index in [-0.39, 0.29) is 50.6 Å². The minimum atomic E-state index is -0.395. The van der Waals surface area contributed by atoms with Crippen LogP contribution in [0.5, 0.6) is 0 Å². The quantitative estimate of drug-likeness (QED) is 0.320. The molecule has 3 heteroatoms. The zero-order chi connectivity index (χ0) is 16.4. The monoisotopic (exact) mass is 396 g/mol. The molecule has 2 nitrogen and oxygen atoms in total. The molecule has 0 aromatic rings. The van der Waals surface area contributed by atoms with Crippen molar-refractivity contribution in [3.8, 4) is 0 Å². The van der Waals surface area contributed by atoms with Crippen LogP contribution in [0.15, 0.2) is 24.3 Å². The topological polar surface area (TPSA) is 40.5 Å². The summed E-state index contributed by atoms with van der Waals surface area (Å²) in [5.74, 6) is 0.813. The van der Waals surface area contributed by atoms with Crippen LogP contribution in [-0.2, 0) is 32.7 Å². The number of aliphatic hydroxyl groups is 2. The van der Waals surface area contributed by atoms with Crippen molar-refractivity contribution in [2.75, 3.05) is 0 Å². The summed E-state index contributed by atoms with van der Waals surface area (Å²) in [5.41, 5.74) is 0. The van der Waals surface area contributed by atoms with Crippen molar-refractivity contribution < 1.29 is 42.9 Å². The molecule has 0 aromatic heterocycles. The van der Waals surface area contributed by atoms with Gasteiger partial charge in [0.2, 0.25) is 0 Å². The Bertz CT molecular complexity index is 341. The molecule has 1 aliphatic carbocycles. The van der Waals surface area contributed by atoms with Gasteiger partial charge in [0, 0.05) is 45.0 Å². The molecule has 2 N–H and O–H groups in total. The number of aliphatic hydroxyl groups excluding tert-OH is 2. The zero-order valence-corrected chi connectivity index (χ0v) is 18.0. The Hall–Kier alpha value is 0.504. The van der Waals surface area contributed by atoms with E-state index in [4.69, 9.17) is 0 Å². The molecule has 1 saturated carbocycles. The van der Waals surface area contributed by atoms with Crippen molar-refractivity contribution in [3.63, 3.8) is 0 Å². The van der Waals surface area contributed by atoms with E-state index < -0.39 is 6.10 Å². The second-order valence-electron chi connectivity index (χ2n) is 6.81. The van der Waals surface area contributed by atoms with Crippen LogP contribution in [0, 0.1) is 24.2 Å². The van der Waals surface area contributed by atoms with Crippen LogP contribution >= 0.6 is 0 Å². The average molecular weight is 396 g/mol. The summed E-state index contributed by atoms with van der Waals surface area (Å²) in [6.07, 6.45) is 17.4. The van der Waals surface area contributed by atoms with Crippen LogP contribution in [0.2, 0.25) is 0 Å². The summed E-state index contributed by atoms with van der Waals surface area (Å²) in [6.45, 7) is 6.51. The first-order valence-corrected chi connectivity index (χ1v) is 9.07. The predicted octanol–water partition coefficient (Wildman–Crippen LogP) is 4.67. The van der Waals surface area contributed by atoms with Crippen molar-refractivity contribution in [2.45, 2.75) is 77.9 Å². The maximum atomic E-state index is 10.2. The number of hydrogen-bond donors (Lipinski definition) is 2. The molecular weight excluding hydrogens is 361 g/mol. The van der Waals surface area contributed by atoms with Gasteiger partial charge in [0.05, 0.1) is 12.2 Å². The van der Waals surface area contributed by atoms with Gasteiger partial charge < -0.3 is 16.6 Å². The Kier molecular flexibility index (Phi) is 14.1. The van der Waals surface area contributed by atoms with Gasteiger partial charge in [0.1, 0.15) is 0 Å². The van der Waals surface area contributed by atoms with Gasteiger partial charge in [-0.1, -0.05) is 51.0 Å². The van der Waals surface area contributed by atoms with Crippen LogP contribution in [-0.4, -0.2) is 22.4 Å². The van der Waals surface area contributed by atoms with Gasteiger partial charge in [0.15, 0.2) is 0 Å². The van der Waals surface area contributed by atoms with Crippen LogP contribution in [0.25, 0.3) is 0 Å². The molecule has 1 rings (SSSR count). The third-order valence-electron chi connectivity index (χ3n) is 4.76. The number of hydrogen-bond acceptors (Lipinski definition) is 2. The molecular formula is C20H35O2Y-. The van der Waals surface area contributed by atoms with Crippen LogP contribution in [0.4, 0.5) is 0 Å². The fourth-order valence-electron chi connectivity index (χ4n) is 3.39. The molecule has 23 heavy (non-hydrogen) atoms. The molecule has 0 saturated heterocycles. The van der Waals surface area contributed by atoms with Crippen LogP contribution < -0.4 is 0 Å². The van der Waals surface area contributed by atoms with Crippen molar-refractivity contribution in [3.05, 3.63) is 30.7 Å². The van der Waals surface area contributed by atoms with E-state index in [2.05, 4.69) is 51.5 Å². The average Bonchev–Trinajstić information content (AvgIpc) is 2.75.